The second-order valence-electron chi connectivity index (χ2n) is 9.77. The molecule has 8 nitrogen and oxygen atoms in total. The fourth-order valence-corrected chi connectivity index (χ4v) is 4.38. The molecule has 0 fully saturated rings. The number of nitrogens with zero attached hydrogens (tertiary/aromatic N) is 1. The molecule has 4 aromatic rings. The Labute approximate surface area is 251 Å². The molecule has 0 aliphatic heterocycles. The second kappa shape index (κ2) is 15.1. The molecule has 0 aliphatic carbocycles. The molecule has 4 rings (SSSR count). The average molecular weight is 579 g/mol. The highest BCUT2D eigenvalue weighted by atomic mass is 16.5. The van der Waals surface area contributed by atoms with Crippen molar-refractivity contribution in [1.82, 2.24) is 5.32 Å². The molecule has 0 aromatic heterocycles. The van der Waals surface area contributed by atoms with Crippen LogP contribution in [0.5, 0.6) is 11.5 Å². The molecular weight excluding hydrogens is 544 g/mol. The van der Waals surface area contributed by atoms with Gasteiger partial charge in [-0.05, 0) is 71.6 Å². The Morgan fingerprint density at radius 1 is 0.884 bits per heavy atom. The van der Waals surface area contributed by atoms with Gasteiger partial charge >= 0.3 is 5.97 Å². The lowest BCUT2D eigenvalue weighted by Gasteiger charge is -2.25. The molecule has 0 heterocycles. The van der Waals surface area contributed by atoms with Crippen molar-refractivity contribution in [3.63, 3.8) is 0 Å². The summed E-state index contributed by atoms with van der Waals surface area (Å²) in [6.45, 7) is 6.03. The number of carbonyl (C=O) groups is 3. The summed E-state index contributed by atoms with van der Waals surface area (Å²) in [5.74, 6) is -0.273. The lowest BCUT2D eigenvalue weighted by Crippen LogP contribution is -2.36. The van der Waals surface area contributed by atoms with E-state index in [2.05, 4.69) is 11.9 Å². The van der Waals surface area contributed by atoms with E-state index in [1.165, 1.54) is 0 Å². The van der Waals surface area contributed by atoms with Gasteiger partial charge in [0.15, 0.2) is 6.61 Å². The van der Waals surface area contributed by atoms with Crippen LogP contribution < -0.4 is 19.7 Å². The third kappa shape index (κ3) is 8.64. The number of para-hydroxylation sites is 1. The topological polar surface area (TPSA) is 105 Å². The van der Waals surface area contributed by atoms with Crippen LogP contribution >= 0.6 is 0 Å². The third-order valence-corrected chi connectivity index (χ3v) is 6.75. The van der Waals surface area contributed by atoms with Crippen molar-refractivity contribution in [2.45, 2.75) is 26.5 Å². The van der Waals surface area contributed by atoms with Crippen molar-refractivity contribution in [1.29, 1.82) is 0 Å². The molecular formula is C35H34N2O6. The van der Waals surface area contributed by atoms with Crippen LogP contribution in [0, 0.1) is 6.92 Å². The van der Waals surface area contributed by atoms with Gasteiger partial charge in [-0.2, -0.15) is 0 Å². The first-order valence-electron chi connectivity index (χ1n) is 13.9. The van der Waals surface area contributed by atoms with E-state index in [4.69, 9.17) is 14.6 Å². The number of hydrogen-bond acceptors (Lipinski definition) is 6. The number of aliphatic hydroxyl groups excluding tert-OH is 1. The van der Waals surface area contributed by atoms with Gasteiger partial charge in [-0.15, -0.1) is 0 Å². The average Bonchev–Trinajstić information content (AvgIpc) is 3.03. The predicted octanol–water partition coefficient (Wildman–Crippen LogP) is 5.47. The van der Waals surface area contributed by atoms with Crippen molar-refractivity contribution in [2.24, 2.45) is 0 Å². The Balaban J connectivity index is 1.27. The standard InChI is InChI=1S/C35H34N2O6/c1-3-27-9-5-6-10-29(27)22-37(32-11-7-4-8-25(32)2)34(40)20-21-36-33(39)24-42-30-18-14-28(15-19-30)35(41)43-31-16-12-26(23-38)13-17-31/h3-19,38H,1,20-24H2,2H3,(H,36,39). The molecule has 4 aromatic carbocycles. The quantitative estimate of drug-likeness (QED) is 0.161. The van der Waals surface area contributed by atoms with Crippen molar-refractivity contribution >= 4 is 29.5 Å². The second-order valence-corrected chi connectivity index (χ2v) is 9.77. The van der Waals surface area contributed by atoms with E-state index < -0.39 is 5.97 Å². The Bertz CT molecular complexity index is 1560. The normalized spacial score (nSPS) is 10.5. The van der Waals surface area contributed by atoms with Gasteiger partial charge < -0.3 is 24.8 Å². The highest BCUT2D eigenvalue weighted by Gasteiger charge is 2.19. The molecule has 0 saturated heterocycles. The van der Waals surface area contributed by atoms with E-state index in [1.807, 2.05) is 55.5 Å². The number of amides is 2. The van der Waals surface area contributed by atoms with Gasteiger partial charge in [0.1, 0.15) is 11.5 Å². The minimum atomic E-state index is -0.543. The predicted molar refractivity (Wildman–Crippen MR) is 166 cm³/mol. The van der Waals surface area contributed by atoms with Crippen LogP contribution in [0.3, 0.4) is 0 Å². The molecule has 43 heavy (non-hydrogen) atoms. The van der Waals surface area contributed by atoms with E-state index >= 15 is 0 Å². The SMILES string of the molecule is C=Cc1ccccc1CN(C(=O)CCNC(=O)COc1ccc(C(=O)Oc2ccc(CO)cc2)cc1)c1ccccc1C. The molecule has 0 bridgehead atoms. The van der Waals surface area contributed by atoms with Gasteiger partial charge in [-0.25, -0.2) is 4.79 Å². The smallest absolute Gasteiger partial charge is 0.343 e. The molecule has 2 N–H and O–H groups in total. The summed E-state index contributed by atoms with van der Waals surface area (Å²) >= 11 is 0. The van der Waals surface area contributed by atoms with Crippen molar-refractivity contribution in [3.8, 4) is 11.5 Å². The summed E-state index contributed by atoms with van der Waals surface area (Å²) < 4.78 is 10.9. The van der Waals surface area contributed by atoms with Crippen molar-refractivity contribution in [2.75, 3.05) is 18.1 Å². The zero-order chi connectivity index (χ0) is 30.6. The molecule has 0 saturated carbocycles. The van der Waals surface area contributed by atoms with Crippen LogP contribution in [0.25, 0.3) is 6.08 Å². The number of nitrogens with one attached hydrogen (secondary N) is 1. The Morgan fingerprint density at radius 2 is 1.56 bits per heavy atom. The van der Waals surface area contributed by atoms with Crippen LogP contribution in [0.1, 0.15) is 39.0 Å². The van der Waals surface area contributed by atoms with E-state index in [0.717, 1.165) is 22.4 Å². The highest BCUT2D eigenvalue weighted by molar-refractivity contribution is 5.94. The Kier molecular flexibility index (Phi) is 10.8. The molecule has 0 spiro atoms. The number of esters is 1. The molecule has 0 unspecified atom stereocenters. The zero-order valence-corrected chi connectivity index (χ0v) is 24.0. The molecule has 2 amide bonds. The van der Waals surface area contributed by atoms with Gasteiger partial charge in [-0.1, -0.05) is 67.3 Å². The largest absolute Gasteiger partial charge is 0.484 e. The molecule has 0 atom stereocenters. The first-order valence-corrected chi connectivity index (χ1v) is 13.9. The number of anilines is 1. The van der Waals surface area contributed by atoms with Crippen LogP contribution in [0.15, 0.2) is 104 Å². The van der Waals surface area contributed by atoms with Gasteiger partial charge in [0.05, 0.1) is 18.7 Å². The minimum absolute atomic E-state index is 0.0930. The van der Waals surface area contributed by atoms with E-state index in [-0.39, 0.29) is 38.0 Å². The summed E-state index contributed by atoms with van der Waals surface area (Å²) in [4.78, 5) is 39.9. The van der Waals surface area contributed by atoms with E-state index in [0.29, 0.717) is 29.2 Å². The number of benzene rings is 4. The number of carbonyl (C=O) groups excluding carboxylic acids is 3. The molecule has 0 aliphatic rings. The molecule has 220 valence electrons. The monoisotopic (exact) mass is 578 g/mol. The van der Waals surface area contributed by atoms with Crippen LogP contribution in [0.4, 0.5) is 5.69 Å². The first kappa shape index (κ1) is 30.7. The number of aryl methyl sites for hydroxylation is 1. The Hall–Kier alpha value is -5.21. The van der Waals surface area contributed by atoms with Crippen LogP contribution in [-0.2, 0) is 22.7 Å². The minimum Gasteiger partial charge on any atom is -0.484 e. The number of hydrogen-bond donors (Lipinski definition) is 2. The Morgan fingerprint density at radius 3 is 2.26 bits per heavy atom. The maximum Gasteiger partial charge on any atom is 0.343 e. The van der Waals surface area contributed by atoms with Gasteiger partial charge in [0.2, 0.25) is 5.91 Å². The van der Waals surface area contributed by atoms with Crippen LogP contribution in [-0.4, -0.2) is 36.0 Å². The van der Waals surface area contributed by atoms with E-state index in [9.17, 15) is 14.4 Å². The maximum absolute atomic E-state index is 13.4. The molecule has 8 heteroatoms. The summed E-state index contributed by atoms with van der Waals surface area (Å²) in [6, 6.07) is 28.3. The summed E-state index contributed by atoms with van der Waals surface area (Å²) in [7, 11) is 0. The van der Waals surface area contributed by atoms with Crippen molar-refractivity contribution in [3.05, 3.63) is 131 Å². The third-order valence-electron chi connectivity index (χ3n) is 6.75. The number of rotatable bonds is 13. The fraction of sp³-hybridized carbons (Fsp3) is 0.171. The summed E-state index contributed by atoms with van der Waals surface area (Å²) in [5, 5.41) is 11.9. The van der Waals surface area contributed by atoms with Crippen LogP contribution in [0.2, 0.25) is 0 Å². The lowest BCUT2D eigenvalue weighted by atomic mass is 10.1. The lowest BCUT2D eigenvalue weighted by molar-refractivity contribution is -0.123. The van der Waals surface area contributed by atoms with E-state index in [1.54, 1.807) is 59.5 Å². The fourth-order valence-electron chi connectivity index (χ4n) is 4.38. The van der Waals surface area contributed by atoms with Crippen molar-refractivity contribution < 1.29 is 29.0 Å². The molecule has 0 radical (unpaired) electrons. The van der Waals surface area contributed by atoms with Gasteiger partial charge in [0.25, 0.3) is 5.91 Å². The highest BCUT2D eigenvalue weighted by Crippen LogP contribution is 2.24. The first-order chi connectivity index (χ1) is 20.9. The van der Waals surface area contributed by atoms with Gasteiger partial charge in [-0.3, -0.25) is 9.59 Å². The number of ether oxygens (including phenoxy) is 2. The summed E-state index contributed by atoms with van der Waals surface area (Å²) in [6.07, 6.45) is 1.88. The maximum atomic E-state index is 13.4. The number of aliphatic hydroxyl groups is 1. The zero-order valence-electron chi connectivity index (χ0n) is 24.0. The van der Waals surface area contributed by atoms with Gasteiger partial charge in [0, 0.05) is 18.7 Å². The summed E-state index contributed by atoms with van der Waals surface area (Å²) in [5.41, 5.74) is 4.75.